The van der Waals surface area contributed by atoms with Crippen LogP contribution >= 0.6 is 15.9 Å². The highest BCUT2D eigenvalue weighted by molar-refractivity contribution is 9.10. The quantitative estimate of drug-likeness (QED) is 0.647. The van der Waals surface area contributed by atoms with Crippen LogP contribution < -0.4 is 10.0 Å². The van der Waals surface area contributed by atoms with Crippen LogP contribution in [0.1, 0.15) is 48.9 Å². The maximum Gasteiger partial charge on any atom is 0.256 e. The molecule has 7 heteroatoms. The monoisotopic (exact) mass is 450 g/mol. The van der Waals surface area contributed by atoms with E-state index in [0.717, 1.165) is 38.5 Å². The van der Waals surface area contributed by atoms with Crippen molar-refractivity contribution in [3.63, 3.8) is 0 Å². The van der Waals surface area contributed by atoms with Crippen LogP contribution in [0.3, 0.4) is 0 Å². The van der Waals surface area contributed by atoms with E-state index >= 15 is 0 Å². The number of nitrogens with one attached hydrogen (secondary N) is 2. The van der Waals surface area contributed by atoms with E-state index in [4.69, 9.17) is 0 Å². The summed E-state index contributed by atoms with van der Waals surface area (Å²) in [5, 5.41) is 2.78. The number of rotatable bonds is 5. The molecule has 0 aliphatic heterocycles. The van der Waals surface area contributed by atoms with E-state index in [9.17, 15) is 13.2 Å². The van der Waals surface area contributed by atoms with Crippen molar-refractivity contribution in [1.82, 2.24) is 4.72 Å². The Morgan fingerprint density at radius 3 is 2.30 bits per heavy atom. The standard InChI is InChI=1S/C20H23BrN2O3S/c21-19-13-12-17(27(25,26)23-16-10-4-1-2-5-11-16)14-18(19)20(24)22-15-8-6-3-7-9-15/h3,6-9,12-14,16,23H,1-2,4-5,10-11H2,(H,22,24). The average Bonchev–Trinajstić information content (AvgIpc) is 2.91. The highest BCUT2D eigenvalue weighted by Crippen LogP contribution is 2.24. The maximum atomic E-state index is 12.8. The van der Waals surface area contributed by atoms with Crippen LogP contribution in [0.25, 0.3) is 0 Å². The summed E-state index contributed by atoms with van der Waals surface area (Å²) in [5.41, 5.74) is 0.932. The lowest BCUT2D eigenvalue weighted by atomic mass is 10.1. The van der Waals surface area contributed by atoms with Gasteiger partial charge in [-0.1, -0.05) is 43.9 Å². The third-order valence-electron chi connectivity index (χ3n) is 4.70. The lowest BCUT2D eigenvalue weighted by molar-refractivity contribution is 0.102. The van der Waals surface area contributed by atoms with Crippen LogP contribution in [0.4, 0.5) is 5.69 Å². The molecule has 0 heterocycles. The number of anilines is 1. The van der Waals surface area contributed by atoms with Crippen LogP contribution in [0, 0.1) is 0 Å². The van der Waals surface area contributed by atoms with Gasteiger partial charge in [0.25, 0.3) is 5.91 Å². The van der Waals surface area contributed by atoms with Gasteiger partial charge in [-0.2, -0.15) is 0 Å². The zero-order valence-electron chi connectivity index (χ0n) is 14.9. The van der Waals surface area contributed by atoms with Crippen molar-refractivity contribution >= 4 is 37.5 Å². The first-order chi connectivity index (χ1) is 13.0. The third kappa shape index (κ3) is 5.40. The molecule has 0 atom stereocenters. The summed E-state index contributed by atoms with van der Waals surface area (Å²) in [4.78, 5) is 12.7. The molecular formula is C20H23BrN2O3S. The van der Waals surface area contributed by atoms with E-state index in [-0.39, 0.29) is 22.4 Å². The highest BCUT2D eigenvalue weighted by Gasteiger charge is 2.23. The van der Waals surface area contributed by atoms with Crippen LogP contribution in [0.2, 0.25) is 0 Å². The molecule has 0 saturated heterocycles. The number of para-hydroxylation sites is 1. The molecule has 1 saturated carbocycles. The zero-order chi connectivity index (χ0) is 19.3. The van der Waals surface area contributed by atoms with E-state index in [2.05, 4.69) is 26.0 Å². The van der Waals surface area contributed by atoms with Crippen molar-refractivity contribution < 1.29 is 13.2 Å². The number of halogens is 1. The van der Waals surface area contributed by atoms with Gasteiger partial charge in [0.15, 0.2) is 0 Å². The number of benzene rings is 2. The molecule has 0 spiro atoms. The van der Waals surface area contributed by atoms with Gasteiger partial charge in [-0.25, -0.2) is 13.1 Å². The lowest BCUT2D eigenvalue weighted by Crippen LogP contribution is -2.34. The lowest BCUT2D eigenvalue weighted by Gasteiger charge is -2.17. The van der Waals surface area contributed by atoms with Crippen molar-refractivity contribution in [2.75, 3.05) is 5.32 Å². The van der Waals surface area contributed by atoms with E-state index in [1.165, 1.54) is 12.1 Å². The van der Waals surface area contributed by atoms with Crippen molar-refractivity contribution in [2.45, 2.75) is 49.5 Å². The van der Waals surface area contributed by atoms with Crippen molar-refractivity contribution in [3.8, 4) is 0 Å². The molecule has 1 aliphatic carbocycles. The van der Waals surface area contributed by atoms with E-state index < -0.39 is 10.0 Å². The molecule has 1 fully saturated rings. The zero-order valence-corrected chi connectivity index (χ0v) is 17.4. The minimum Gasteiger partial charge on any atom is -0.322 e. The number of amides is 1. The van der Waals surface area contributed by atoms with Crippen LogP contribution in [-0.2, 0) is 10.0 Å². The predicted molar refractivity (Wildman–Crippen MR) is 110 cm³/mol. The summed E-state index contributed by atoms with van der Waals surface area (Å²) in [7, 11) is -3.67. The summed E-state index contributed by atoms with van der Waals surface area (Å²) >= 11 is 3.34. The smallest absolute Gasteiger partial charge is 0.256 e. The first-order valence-electron chi connectivity index (χ1n) is 9.14. The molecule has 5 nitrogen and oxygen atoms in total. The number of hydrogen-bond donors (Lipinski definition) is 2. The molecule has 27 heavy (non-hydrogen) atoms. The largest absolute Gasteiger partial charge is 0.322 e. The maximum absolute atomic E-state index is 12.8. The first-order valence-corrected chi connectivity index (χ1v) is 11.4. The van der Waals surface area contributed by atoms with Gasteiger partial charge in [0.05, 0.1) is 10.5 Å². The molecule has 2 aromatic carbocycles. The highest BCUT2D eigenvalue weighted by atomic mass is 79.9. The van der Waals surface area contributed by atoms with Crippen molar-refractivity contribution in [2.24, 2.45) is 0 Å². The molecule has 0 bridgehead atoms. The third-order valence-corrected chi connectivity index (χ3v) is 6.91. The van der Waals surface area contributed by atoms with E-state index in [1.54, 1.807) is 18.2 Å². The van der Waals surface area contributed by atoms with Crippen molar-refractivity contribution in [1.29, 1.82) is 0 Å². The molecule has 1 aliphatic rings. The van der Waals surface area contributed by atoms with Gasteiger partial charge in [-0.3, -0.25) is 4.79 Å². The van der Waals surface area contributed by atoms with Gasteiger partial charge in [0.1, 0.15) is 0 Å². The van der Waals surface area contributed by atoms with Crippen LogP contribution in [0.15, 0.2) is 57.9 Å². The van der Waals surface area contributed by atoms with E-state index in [1.807, 2.05) is 18.2 Å². The number of hydrogen-bond acceptors (Lipinski definition) is 3. The fourth-order valence-corrected chi connectivity index (χ4v) is 5.01. The number of carbonyl (C=O) groups is 1. The van der Waals surface area contributed by atoms with Crippen LogP contribution in [0.5, 0.6) is 0 Å². The van der Waals surface area contributed by atoms with Crippen molar-refractivity contribution in [3.05, 3.63) is 58.6 Å². The molecular weight excluding hydrogens is 428 g/mol. The fourth-order valence-electron chi connectivity index (χ4n) is 3.25. The second-order valence-electron chi connectivity index (χ2n) is 6.77. The molecule has 3 rings (SSSR count). The van der Waals surface area contributed by atoms with Gasteiger partial charge < -0.3 is 5.32 Å². The summed E-state index contributed by atoms with van der Waals surface area (Å²) in [6.07, 6.45) is 6.10. The molecule has 0 unspecified atom stereocenters. The van der Waals surface area contributed by atoms with Gasteiger partial charge in [-0.05, 0) is 59.1 Å². The minimum absolute atomic E-state index is 0.0391. The Labute approximate surface area is 168 Å². The number of carbonyl (C=O) groups excluding carboxylic acids is 1. The van der Waals surface area contributed by atoms with E-state index in [0.29, 0.717) is 10.2 Å². The Bertz CT molecular complexity index is 893. The average molecular weight is 451 g/mol. The summed E-state index contributed by atoms with van der Waals surface area (Å²) in [6.45, 7) is 0. The van der Waals surface area contributed by atoms with Crippen LogP contribution in [-0.4, -0.2) is 20.4 Å². The number of sulfonamides is 1. The Morgan fingerprint density at radius 1 is 0.963 bits per heavy atom. The fraction of sp³-hybridized carbons (Fsp3) is 0.350. The molecule has 144 valence electrons. The van der Waals surface area contributed by atoms with Gasteiger partial charge in [0.2, 0.25) is 10.0 Å². The normalized spacial score (nSPS) is 15.9. The first kappa shape index (κ1) is 20.0. The second kappa shape index (κ2) is 8.99. The molecule has 0 radical (unpaired) electrons. The topological polar surface area (TPSA) is 75.3 Å². The Balaban J connectivity index is 1.80. The Morgan fingerprint density at radius 2 is 1.63 bits per heavy atom. The molecule has 1 amide bonds. The SMILES string of the molecule is O=C(Nc1ccccc1)c1cc(S(=O)(=O)NC2CCCCCC2)ccc1Br. The molecule has 2 N–H and O–H groups in total. The van der Waals surface area contributed by atoms with Gasteiger partial charge >= 0.3 is 0 Å². The summed E-state index contributed by atoms with van der Waals surface area (Å²) in [5.74, 6) is -0.361. The Hall–Kier alpha value is -1.70. The second-order valence-corrected chi connectivity index (χ2v) is 9.34. The van der Waals surface area contributed by atoms with Gasteiger partial charge in [0, 0.05) is 16.2 Å². The van der Waals surface area contributed by atoms with Gasteiger partial charge in [-0.15, -0.1) is 0 Å². The summed E-state index contributed by atoms with van der Waals surface area (Å²) < 4.78 is 29.0. The minimum atomic E-state index is -3.67. The molecule has 0 aromatic heterocycles. The molecule has 2 aromatic rings. The summed E-state index contributed by atoms with van der Waals surface area (Å²) in [6, 6.07) is 13.6. The Kier molecular flexibility index (Phi) is 6.68. The predicted octanol–water partition coefficient (Wildman–Crippen LogP) is 4.70.